The first-order chi connectivity index (χ1) is 13.1. The predicted octanol–water partition coefficient (Wildman–Crippen LogP) is 2.54. The number of H-pyrrole nitrogens is 1. The van der Waals surface area contributed by atoms with Crippen LogP contribution >= 0.6 is 0 Å². The summed E-state index contributed by atoms with van der Waals surface area (Å²) in [4.78, 5) is 32.7. The lowest BCUT2D eigenvalue weighted by Gasteiger charge is -2.43. The van der Waals surface area contributed by atoms with Crippen LogP contribution in [0.1, 0.15) is 35.3 Å². The number of hydrogen-bond acceptors (Lipinski definition) is 5. The molecule has 0 unspecified atom stereocenters. The van der Waals surface area contributed by atoms with Gasteiger partial charge in [-0.05, 0) is 37.0 Å². The molecule has 0 saturated heterocycles. The van der Waals surface area contributed by atoms with Crippen molar-refractivity contribution in [1.29, 1.82) is 0 Å². The van der Waals surface area contributed by atoms with Crippen molar-refractivity contribution in [2.45, 2.75) is 31.2 Å². The van der Waals surface area contributed by atoms with E-state index in [2.05, 4.69) is 20.0 Å². The first-order valence-corrected chi connectivity index (χ1v) is 8.55. The average molecular weight is 396 g/mol. The summed E-state index contributed by atoms with van der Waals surface area (Å²) in [5, 5.41) is 2.89. The van der Waals surface area contributed by atoms with Crippen LogP contribution in [0.25, 0.3) is 0 Å². The van der Waals surface area contributed by atoms with Crippen molar-refractivity contribution in [1.82, 2.24) is 15.3 Å². The fourth-order valence-corrected chi connectivity index (χ4v) is 3.05. The van der Waals surface area contributed by atoms with Crippen LogP contribution in [0.15, 0.2) is 35.1 Å². The van der Waals surface area contributed by atoms with Gasteiger partial charge >= 0.3 is 6.36 Å². The van der Waals surface area contributed by atoms with Gasteiger partial charge in [0.15, 0.2) is 0 Å². The second-order valence-electron chi connectivity index (χ2n) is 6.81. The van der Waals surface area contributed by atoms with Gasteiger partial charge in [-0.3, -0.25) is 14.6 Å². The van der Waals surface area contributed by atoms with Crippen LogP contribution in [-0.2, 0) is 5.54 Å². The van der Waals surface area contributed by atoms with E-state index in [-0.39, 0.29) is 17.4 Å². The number of carbonyl (C=O) groups is 1. The van der Waals surface area contributed by atoms with Crippen molar-refractivity contribution in [3.05, 3.63) is 51.9 Å². The maximum Gasteiger partial charge on any atom is 0.573 e. The summed E-state index contributed by atoms with van der Waals surface area (Å²) in [7, 11) is 3.36. The Balaban J connectivity index is 1.82. The third-order valence-electron chi connectivity index (χ3n) is 4.59. The van der Waals surface area contributed by atoms with Crippen molar-refractivity contribution in [3.8, 4) is 5.75 Å². The van der Waals surface area contributed by atoms with Gasteiger partial charge in [0.1, 0.15) is 11.4 Å². The monoisotopic (exact) mass is 396 g/mol. The predicted molar refractivity (Wildman–Crippen MR) is 95.3 cm³/mol. The minimum Gasteiger partial charge on any atom is -0.406 e. The Labute approximate surface area is 158 Å². The van der Waals surface area contributed by atoms with Crippen LogP contribution in [0.4, 0.5) is 19.1 Å². The van der Waals surface area contributed by atoms with E-state index in [0.717, 1.165) is 12.5 Å². The third-order valence-corrected chi connectivity index (χ3v) is 4.59. The molecule has 1 saturated carbocycles. The number of nitrogens with one attached hydrogen (secondary N) is 2. The lowest BCUT2D eigenvalue weighted by atomic mass is 9.71. The number of nitrogens with zero attached hydrogens (tertiary/aromatic N) is 2. The topological polar surface area (TPSA) is 87.3 Å². The summed E-state index contributed by atoms with van der Waals surface area (Å²) < 4.78 is 40.8. The first kappa shape index (κ1) is 19.7. The molecule has 3 rings (SSSR count). The zero-order chi connectivity index (χ0) is 20.5. The van der Waals surface area contributed by atoms with Gasteiger partial charge in [0, 0.05) is 20.2 Å². The molecule has 1 aromatic carbocycles. The van der Waals surface area contributed by atoms with Crippen molar-refractivity contribution < 1.29 is 22.7 Å². The average Bonchev–Trinajstić information content (AvgIpc) is 2.57. The zero-order valence-corrected chi connectivity index (χ0v) is 15.3. The number of aromatic nitrogens is 2. The Hall–Kier alpha value is -3.04. The molecule has 1 amide bonds. The van der Waals surface area contributed by atoms with Crippen LogP contribution in [0.2, 0.25) is 0 Å². The number of rotatable bonds is 5. The van der Waals surface area contributed by atoms with Gasteiger partial charge < -0.3 is 15.0 Å². The molecular formula is C18H19F3N4O3. The molecule has 0 aliphatic heterocycles. The summed E-state index contributed by atoms with van der Waals surface area (Å²) in [5.74, 6) is -0.609. The van der Waals surface area contributed by atoms with Crippen LogP contribution in [0, 0.1) is 0 Å². The number of aromatic amines is 1. The molecule has 0 bridgehead atoms. The quantitative estimate of drug-likeness (QED) is 0.811. The van der Waals surface area contributed by atoms with Gasteiger partial charge in [0.05, 0.1) is 5.54 Å². The highest BCUT2D eigenvalue weighted by molar-refractivity contribution is 5.93. The number of hydrogen-bond donors (Lipinski definition) is 2. The summed E-state index contributed by atoms with van der Waals surface area (Å²) in [6.07, 6.45) is -2.66. The van der Waals surface area contributed by atoms with Gasteiger partial charge in [0.2, 0.25) is 5.95 Å². The van der Waals surface area contributed by atoms with Crippen molar-refractivity contribution in [2.75, 3.05) is 19.0 Å². The first-order valence-electron chi connectivity index (χ1n) is 8.55. The molecule has 10 heteroatoms. The molecule has 150 valence electrons. The summed E-state index contributed by atoms with van der Waals surface area (Å²) in [5.41, 5.74) is -0.536. The van der Waals surface area contributed by atoms with Crippen LogP contribution in [0.3, 0.4) is 0 Å². The van der Waals surface area contributed by atoms with E-state index >= 15 is 0 Å². The molecule has 0 atom stereocenters. The molecular weight excluding hydrogens is 377 g/mol. The summed E-state index contributed by atoms with van der Waals surface area (Å²) in [6.45, 7) is 0. The highest BCUT2D eigenvalue weighted by atomic mass is 19.4. The number of anilines is 1. The molecule has 1 aromatic heterocycles. The molecule has 1 heterocycles. The Morgan fingerprint density at radius 3 is 2.39 bits per heavy atom. The molecule has 0 spiro atoms. The van der Waals surface area contributed by atoms with Gasteiger partial charge in [-0.25, -0.2) is 4.98 Å². The normalized spacial score (nSPS) is 15.5. The number of ether oxygens (including phenoxy) is 1. The number of amides is 1. The Kier molecular flexibility index (Phi) is 5.05. The minimum absolute atomic E-state index is 0.0317. The van der Waals surface area contributed by atoms with E-state index in [1.807, 2.05) is 0 Å². The zero-order valence-electron chi connectivity index (χ0n) is 15.3. The highest BCUT2D eigenvalue weighted by Gasteiger charge is 2.40. The summed E-state index contributed by atoms with van der Waals surface area (Å²) in [6, 6.07) is 6.53. The minimum atomic E-state index is -4.76. The van der Waals surface area contributed by atoms with Gasteiger partial charge in [-0.2, -0.15) is 0 Å². The van der Waals surface area contributed by atoms with Gasteiger partial charge in [-0.1, -0.05) is 12.1 Å². The standard InChI is InChI=1S/C18H19F3N4O3/c1-25(2)16-22-13(10-14(26)23-16)15(27)24-17(8-3-9-17)11-4-6-12(7-5-11)28-18(19,20)21/h4-7,10H,3,8-9H2,1-2H3,(H,24,27)(H,22,23,26). The number of alkyl halides is 3. The maximum atomic E-state index is 12.7. The number of halogens is 3. The maximum absolute atomic E-state index is 12.7. The molecule has 0 radical (unpaired) electrons. The van der Waals surface area contributed by atoms with Crippen LogP contribution in [0.5, 0.6) is 5.75 Å². The van der Waals surface area contributed by atoms with Gasteiger partial charge in [0.25, 0.3) is 11.5 Å². The van der Waals surface area contributed by atoms with Crippen molar-refractivity contribution >= 4 is 11.9 Å². The van der Waals surface area contributed by atoms with Crippen molar-refractivity contribution in [2.24, 2.45) is 0 Å². The van der Waals surface area contributed by atoms with E-state index < -0.39 is 23.4 Å². The fraction of sp³-hybridized carbons (Fsp3) is 0.389. The van der Waals surface area contributed by atoms with Crippen LogP contribution in [-0.4, -0.2) is 36.3 Å². The van der Waals surface area contributed by atoms with E-state index in [1.54, 1.807) is 19.0 Å². The Morgan fingerprint density at radius 2 is 1.89 bits per heavy atom. The fourth-order valence-electron chi connectivity index (χ4n) is 3.05. The summed E-state index contributed by atoms with van der Waals surface area (Å²) >= 11 is 0. The number of benzene rings is 1. The second kappa shape index (κ2) is 7.17. The molecule has 7 nitrogen and oxygen atoms in total. The Morgan fingerprint density at radius 1 is 1.25 bits per heavy atom. The van der Waals surface area contributed by atoms with Gasteiger partial charge in [-0.15, -0.1) is 13.2 Å². The lowest BCUT2D eigenvalue weighted by molar-refractivity contribution is -0.274. The van der Waals surface area contributed by atoms with E-state index in [0.29, 0.717) is 18.4 Å². The SMILES string of the molecule is CN(C)c1nc(C(=O)NC2(c3ccc(OC(F)(F)F)cc3)CCC2)cc(=O)[nH]1. The molecule has 1 aliphatic carbocycles. The lowest BCUT2D eigenvalue weighted by Crippen LogP contribution is -2.51. The van der Waals surface area contributed by atoms with Crippen LogP contribution < -0.4 is 20.5 Å². The molecule has 2 aromatic rings. The Bertz CT molecular complexity index is 919. The molecule has 1 aliphatic rings. The third kappa shape index (κ3) is 4.26. The molecule has 2 N–H and O–H groups in total. The largest absolute Gasteiger partial charge is 0.573 e. The van der Waals surface area contributed by atoms with E-state index in [4.69, 9.17) is 0 Å². The van der Waals surface area contributed by atoms with E-state index in [1.165, 1.54) is 24.3 Å². The number of carbonyl (C=O) groups excluding carboxylic acids is 1. The molecule has 1 fully saturated rings. The highest BCUT2D eigenvalue weighted by Crippen LogP contribution is 2.42. The second-order valence-corrected chi connectivity index (χ2v) is 6.81. The smallest absolute Gasteiger partial charge is 0.406 e. The van der Waals surface area contributed by atoms with E-state index in [9.17, 15) is 22.8 Å². The molecule has 28 heavy (non-hydrogen) atoms. The van der Waals surface area contributed by atoms with Crippen molar-refractivity contribution in [3.63, 3.8) is 0 Å².